The predicted octanol–water partition coefficient (Wildman–Crippen LogP) is 1.45. The van der Waals surface area contributed by atoms with E-state index in [-0.39, 0.29) is 23.5 Å². The summed E-state index contributed by atoms with van der Waals surface area (Å²) >= 11 is 1.61. The molecule has 7 heteroatoms. The van der Waals surface area contributed by atoms with Crippen LogP contribution in [0, 0.1) is 5.92 Å². The first-order chi connectivity index (χ1) is 8.66. The Morgan fingerprint density at radius 3 is 2.32 bits per heavy atom. The van der Waals surface area contributed by atoms with Crippen LogP contribution in [0.2, 0.25) is 0 Å². The number of carboxylic acid groups (broad SMARTS) is 1. The van der Waals surface area contributed by atoms with Crippen LogP contribution >= 0.6 is 11.8 Å². The minimum atomic E-state index is -0.952. The quantitative estimate of drug-likeness (QED) is 0.659. The average molecular weight is 290 g/mol. The molecule has 0 aliphatic carbocycles. The number of aliphatic carboxylic acids is 1. The summed E-state index contributed by atoms with van der Waals surface area (Å²) in [5.41, 5.74) is 0. The Labute approximate surface area is 117 Å². The highest BCUT2D eigenvalue weighted by molar-refractivity contribution is 7.99. The van der Waals surface area contributed by atoms with E-state index >= 15 is 0 Å². The Morgan fingerprint density at radius 2 is 1.84 bits per heavy atom. The van der Waals surface area contributed by atoms with Gasteiger partial charge in [0, 0.05) is 24.1 Å². The van der Waals surface area contributed by atoms with Crippen LogP contribution in [-0.4, -0.2) is 40.6 Å². The van der Waals surface area contributed by atoms with Crippen molar-refractivity contribution in [2.24, 2.45) is 5.92 Å². The monoisotopic (exact) mass is 290 g/mol. The van der Waals surface area contributed by atoms with Crippen LogP contribution in [0.1, 0.15) is 33.6 Å². The number of imide groups is 1. The SMILES string of the molecule is CSC(C)(C)CNC(=O)NC(=O)CC(C)CC(=O)O. The van der Waals surface area contributed by atoms with Crippen LogP contribution in [0.3, 0.4) is 0 Å². The number of nitrogens with one attached hydrogen (secondary N) is 2. The van der Waals surface area contributed by atoms with Crippen molar-refractivity contribution in [3.8, 4) is 0 Å². The molecule has 19 heavy (non-hydrogen) atoms. The molecule has 110 valence electrons. The van der Waals surface area contributed by atoms with Gasteiger partial charge >= 0.3 is 12.0 Å². The summed E-state index contributed by atoms with van der Waals surface area (Å²) in [6, 6.07) is -0.547. The number of carbonyl (C=O) groups excluding carboxylic acids is 2. The van der Waals surface area contributed by atoms with Crippen molar-refractivity contribution in [3.05, 3.63) is 0 Å². The van der Waals surface area contributed by atoms with E-state index in [9.17, 15) is 14.4 Å². The fraction of sp³-hybridized carbons (Fsp3) is 0.750. The Bertz CT molecular complexity index is 345. The largest absolute Gasteiger partial charge is 0.481 e. The average Bonchev–Trinajstić information content (AvgIpc) is 2.25. The van der Waals surface area contributed by atoms with Crippen LogP contribution in [0.5, 0.6) is 0 Å². The van der Waals surface area contributed by atoms with Gasteiger partial charge in [-0.05, 0) is 26.0 Å². The number of carbonyl (C=O) groups is 3. The smallest absolute Gasteiger partial charge is 0.321 e. The lowest BCUT2D eigenvalue weighted by Crippen LogP contribution is -2.44. The highest BCUT2D eigenvalue weighted by Gasteiger charge is 2.18. The standard InChI is InChI=1S/C12H22N2O4S/c1-8(6-10(16)17)5-9(15)14-11(18)13-7-12(2,3)19-4/h8H,5-7H2,1-4H3,(H,16,17)(H2,13,14,15,18). The third-order valence-electron chi connectivity index (χ3n) is 2.54. The van der Waals surface area contributed by atoms with Gasteiger partial charge in [-0.15, -0.1) is 0 Å². The van der Waals surface area contributed by atoms with Gasteiger partial charge in [-0.3, -0.25) is 14.9 Å². The molecule has 1 atom stereocenters. The number of amides is 3. The molecule has 0 heterocycles. The first kappa shape index (κ1) is 17.8. The molecule has 0 aromatic rings. The predicted molar refractivity (Wildman–Crippen MR) is 75.2 cm³/mol. The van der Waals surface area contributed by atoms with E-state index in [0.29, 0.717) is 6.54 Å². The molecule has 0 spiro atoms. The molecular formula is C12H22N2O4S. The normalized spacial score (nSPS) is 12.6. The van der Waals surface area contributed by atoms with Gasteiger partial charge < -0.3 is 10.4 Å². The Balaban J connectivity index is 4.00. The van der Waals surface area contributed by atoms with Crippen LogP contribution in [0.25, 0.3) is 0 Å². The molecule has 6 nitrogen and oxygen atoms in total. The molecule has 3 N–H and O–H groups in total. The number of urea groups is 1. The van der Waals surface area contributed by atoms with Crippen molar-refractivity contribution in [1.82, 2.24) is 10.6 Å². The molecule has 0 aromatic carbocycles. The Hall–Kier alpha value is -1.24. The van der Waals surface area contributed by atoms with E-state index < -0.39 is 17.9 Å². The molecule has 0 rings (SSSR count). The number of rotatable bonds is 7. The van der Waals surface area contributed by atoms with E-state index in [0.717, 1.165) is 0 Å². The molecule has 0 radical (unpaired) electrons. The summed E-state index contributed by atoms with van der Waals surface area (Å²) in [5.74, 6) is -1.72. The van der Waals surface area contributed by atoms with Crippen LogP contribution in [-0.2, 0) is 9.59 Å². The maximum Gasteiger partial charge on any atom is 0.321 e. The topological polar surface area (TPSA) is 95.5 Å². The number of carboxylic acids is 1. The first-order valence-electron chi connectivity index (χ1n) is 6.01. The summed E-state index contributed by atoms with van der Waals surface area (Å²) < 4.78 is -0.100. The van der Waals surface area contributed by atoms with E-state index in [1.165, 1.54) is 0 Å². The summed E-state index contributed by atoms with van der Waals surface area (Å²) in [6.45, 7) is 6.06. The lowest BCUT2D eigenvalue weighted by molar-refractivity contribution is -0.138. The molecule has 0 aliphatic heterocycles. The third-order valence-corrected chi connectivity index (χ3v) is 3.79. The van der Waals surface area contributed by atoms with Crippen LogP contribution in [0.4, 0.5) is 4.79 Å². The third kappa shape index (κ3) is 9.35. The zero-order chi connectivity index (χ0) is 15.1. The van der Waals surface area contributed by atoms with Crippen molar-refractivity contribution in [1.29, 1.82) is 0 Å². The second-order valence-electron chi connectivity index (χ2n) is 5.10. The second kappa shape index (κ2) is 8.04. The van der Waals surface area contributed by atoms with E-state index in [2.05, 4.69) is 10.6 Å². The minimum Gasteiger partial charge on any atom is -0.481 e. The highest BCUT2D eigenvalue weighted by Crippen LogP contribution is 2.19. The molecule has 0 bridgehead atoms. The van der Waals surface area contributed by atoms with E-state index in [1.807, 2.05) is 20.1 Å². The maximum absolute atomic E-state index is 11.5. The van der Waals surface area contributed by atoms with Crippen LogP contribution < -0.4 is 10.6 Å². The van der Waals surface area contributed by atoms with Crippen molar-refractivity contribution in [2.75, 3.05) is 12.8 Å². The fourth-order valence-electron chi connectivity index (χ4n) is 1.27. The van der Waals surface area contributed by atoms with Gasteiger partial charge in [-0.25, -0.2) is 4.79 Å². The van der Waals surface area contributed by atoms with Gasteiger partial charge in [-0.1, -0.05) is 6.92 Å². The molecular weight excluding hydrogens is 268 g/mol. The van der Waals surface area contributed by atoms with Gasteiger partial charge in [0.05, 0.1) is 0 Å². The van der Waals surface area contributed by atoms with E-state index in [1.54, 1.807) is 18.7 Å². The molecule has 0 aliphatic rings. The van der Waals surface area contributed by atoms with E-state index in [4.69, 9.17) is 5.11 Å². The zero-order valence-electron chi connectivity index (χ0n) is 11.8. The van der Waals surface area contributed by atoms with Gasteiger partial charge in [0.2, 0.25) is 5.91 Å². The number of hydrogen-bond acceptors (Lipinski definition) is 4. The molecule has 3 amide bonds. The summed E-state index contributed by atoms with van der Waals surface area (Å²) in [6.07, 6.45) is 1.87. The van der Waals surface area contributed by atoms with Crippen molar-refractivity contribution in [2.45, 2.75) is 38.4 Å². The molecule has 1 unspecified atom stereocenters. The van der Waals surface area contributed by atoms with Gasteiger partial charge in [0.25, 0.3) is 0 Å². The maximum atomic E-state index is 11.5. The number of thioether (sulfide) groups is 1. The summed E-state index contributed by atoms with van der Waals surface area (Å²) in [4.78, 5) is 33.4. The zero-order valence-corrected chi connectivity index (χ0v) is 12.6. The first-order valence-corrected chi connectivity index (χ1v) is 7.23. The Kier molecular flexibility index (Phi) is 7.51. The van der Waals surface area contributed by atoms with Crippen LogP contribution in [0.15, 0.2) is 0 Å². The van der Waals surface area contributed by atoms with Gasteiger partial charge in [0.15, 0.2) is 0 Å². The molecule has 0 fully saturated rings. The fourth-order valence-corrected chi connectivity index (χ4v) is 1.49. The molecule has 0 aromatic heterocycles. The van der Waals surface area contributed by atoms with Crippen molar-refractivity contribution < 1.29 is 19.5 Å². The van der Waals surface area contributed by atoms with Gasteiger partial charge in [0.1, 0.15) is 0 Å². The second-order valence-corrected chi connectivity index (χ2v) is 6.62. The lowest BCUT2D eigenvalue weighted by Gasteiger charge is -2.22. The number of hydrogen-bond donors (Lipinski definition) is 3. The summed E-state index contributed by atoms with van der Waals surface area (Å²) in [7, 11) is 0. The van der Waals surface area contributed by atoms with Gasteiger partial charge in [-0.2, -0.15) is 11.8 Å². The molecule has 0 saturated heterocycles. The summed E-state index contributed by atoms with van der Waals surface area (Å²) in [5, 5.41) is 13.4. The molecule has 0 saturated carbocycles. The lowest BCUT2D eigenvalue weighted by atomic mass is 10.0. The van der Waals surface area contributed by atoms with Crippen molar-refractivity contribution in [3.63, 3.8) is 0 Å². The van der Waals surface area contributed by atoms with Crippen molar-refractivity contribution >= 4 is 29.7 Å². The highest BCUT2D eigenvalue weighted by atomic mass is 32.2. The Morgan fingerprint density at radius 1 is 1.26 bits per heavy atom. The minimum absolute atomic E-state index is 0.0195.